The van der Waals surface area contributed by atoms with Crippen LogP contribution in [0, 0.1) is 6.92 Å². The Kier molecular flexibility index (Phi) is 12.0. The van der Waals surface area contributed by atoms with E-state index in [9.17, 15) is 4.79 Å². The van der Waals surface area contributed by atoms with Gasteiger partial charge in [-0.3, -0.25) is 4.99 Å². The molecule has 1 aromatic carbocycles. The van der Waals surface area contributed by atoms with Gasteiger partial charge in [-0.2, -0.15) is 0 Å². The number of nitrogens with zero attached hydrogens (tertiary/aromatic N) is 2. The number of thiazole rings is 1. The summed E-state index contributed by atoms with van der Waals surface area (Å²) in [6, 6.07) is 8.22. The average Bonchev–Trinajstić information content (AvgIpc) is 3.12. The number of aliphatic imine (C=N–C) groups is 1. The van der Waals surface area contributed by atoms with Gasteiger partial charge in [-0.1, -0.05) is 24.3 Å². The molecule has 0 aliphatic carbocycles. The fourth-order valence-corrected chi connectivity index (χ4v) is 3.62. The molecule has 0 fully saturated rings. The second kappa shape index (κ2) is 13.6. The van der Waals surface area contributed by atoms with Crippen LogP contribution in [0.1, 0.15) is 65.2 Å². The number of hydrogen-bond donors (Lipinski definition) is 2. The van der Waals surface area contributed by atoms with Crippen molar-refractivity contribution in [1.82, 2.24) is 15.6 Å². The number of carbonyl (C=O) groups excluding carboxylic acids is 1. The molecule has 0 aliphatic heterocycles. The Morgan fingerprint density at radius 2 is 1.84 bits per heavy atom. The molecular formula is C22H33IN4O3S. The second-order valence-electron chi connectivity index (χ2n) is 7.16. The van der Waals surface area contributed by atoms with Crippen molar-refractivity contribution in [3.8, 4) is 0 Å². The van der Waals surface area contributed by atoms with Crippen molar-refractivity contribution < 1.29 is 14.3 Å². The molecule has 2 rings (SSSR count). The van der Waals surface area contributed by atoms with Crippen LogP contribution in [-0.2, 0) is 22.6 Å². The van der Waals surface area contributed by atoms with Crippen molar-refractivity contribution in [1.29, 1.82) is 0 Å². The Morgan fingerprint density at radius 1 is 1.19 bits per heavy atom. The quantitative estimate of drug-likeness (QED) is 0.202. The largest absolute Gasteiger partial charge is 0.462 e. The van der Waals surface area contributed by atoms with Gasteiger partial charge in [0.1, 0.15) is 9.88 Å². The summed E-state index contributed by atoms with van der Waals surface area (Å²) < 4.78 is 10.7. The van der Waals surface area contributed by atoms with Crippen LogP contribution in [0.5, 0.6) is 0 Å². The molecule has 0 saturated heterocycles. The number of guanidine groups is 1. The van der Waals surface area contributed by atoms with Crippen LogP contribution in [0.25, 0.3) is 0 Å². The molecule has 31 heavy (non-hydrogen) atoms. The second-order valence-corrected chi connectivity index (χ2v) is 8.19. The monoisotopic (exact) mass is 560 g/mol. The summed E-state index contributed by atoms with van der Waals surface area (Å²) in [5, 5.41) is 7.45. The highest BCUT2D eigenvalue weighted by molar-refractivity contribution is 14.0. The number of aryl methyl sites for hydroxylation is 1. The first-order valence-corrected chi connectivity index (χ1v) is 11.0. The summed E-state index contributed by atoms with van der Waals surface area (Å²) in [7, 11) is 1.73. The van der Waals surface area contributed by atoms with Crippen LogP contribution in [0.4, 0.5) is 0 Å². The molecular weight excluding hydrogens is 527 g/mol. The minimum atomic E-state index is -0.323. The van der Waals surface area contributed by atoms with Gasteiger partial charge >= 0.3 is 5.97 Å². The third-order valence-corrected chi connectivity index (χ3v) is 5.61. The standard InChI is InChI=1S/C22H32N4O3S.HI/c1-7-28-21(27)19-15(4)25-20(30-19)16(5)26-22(23-6)24-12-17-8-10-18(11-9-17)13-29-14(2)3;/h8-11,14,16H,7,12-13H2,1-6H3,(H2,23,24,26);1H. The van der Waals surface area contributed by atoms with E-state index in [1.165, 1.54) is 11.3 Å². The molecule has 0 amide bonds. The van der Waals surface area contributed by atoms with Crippen LogP contribution < -0.4 is 10.6 Å². The van der Waals surface area contributed by atoms with Crippen molar-refractivity contribution in [2.75, 3.05) is 13.7 Å². The van der Waals surface area contributed by atoms with E-state index in [1.807, 2.05) is 27.7 Å². The number of halogens is 1. The highest BCUT2D eigenvalue weighted by atomic mass is 127. The number of carbonyl (C=O) groups is 1. The fraction of sp³-hybridized carbons (Fsp3) is 0.500. The first-order valence-electron chi connectivity index (χ1n) is 10.1. The molecule has 0 saturated carbocycles. The molecule has 1 heterocycles. The molecule has 9 heteroatoms. The van der Waals surface area contributed by atoms with E-state index >= 15 is 0 Å². The molecule has 2 aromatic rings. The normalized spacial score (nSPS) is 12.3. The maximum atomic E-state index is 12.0. The summed E-state index contributed by atoms with van der Waals surface area (Å²) in [6.45, 7) is 11.3. The first kappa shape index (κ1) is 27.3. The molecule has 172 valence electrons. The Labute approximate surface area is 206 Å². The van der Waals surface area contributed by atoms with Crippen LogP contribution >= 0.6 is 35.3 Å². The highest BCUT2D eigenvalue weighted by Gasteiger charge is 2.20. The van der Waals surface area contributed by atoms with E-state index in [-0.39, 0.29) is 42.1 Å². The van der Waals surface area contributed by atoms with Crippen molar-refractivity contribution in [2.45, 2.75) is 59.9 Å². The predicted octanol–water partition coefficient (Wildman–Crippen LogP) is 4.60. The lowest BCUT2D eigenvalue weighted by molar-refractivity contribution is 0.0531. The highest BCUT2D eigenvalue weighted by Crippen LogP contribution is 2.24. The molecule has 1 unspecified atom stereocenters. The van der Waals surface area contributed by atoms with Gasteiger partial charge in [0, 0.05) is 13.6 Å². The van der Waals surface area contributed by atoms with Crippen molar-refractivity contribution in [3.05, 3.63) is 51.0 Å². The summed E-state index contributed by atoms with van der Waals surface area (Å²) >= 11 is 1.35. The lowest BCUT2D eigenvalue weighted by Gasteiger charge is -2.16. The minimum absolute atomic E-state index is 0. The molecule has 0 spiro atoms. The first-order chi connectivity index (χ1) is 14.3. The molecule has 0 bridgehead atoms. The third kappa shape index (κ3) is 8.74. The number of rotatable bonds is 9. The number of nitrogens with one attached hydrogen (secondary N) is 2. The van der Waals surface area contributed by atoms with Gasteiger partial charge in [0.15, 0.2) is 5.96 Å². The van der Waals surface area contributed by atoms with Crippen molar-refractivity contribution >= 4 is 47.2 Å². The fourth-order valence-electron chi connectivity index (χ4n) is 2.65. The lowest BCUT2D eigenvalue weighted by Crippen LogP contribution is -2.38. The topological polar surface area (TPSA) is 84.8 Å². The maximum Gasteiger partial charge on any atom is 0.350 e. The van der Waals surface area contributed by atoms with Gasteiger partial charge in [0.05, 0.1) is 31.1 Å². The molecule has 0 radical (unpaired) electrons. The number of esters is 1. The minimum Gasteiger partial charge on any atom is -0.462 e. The molecule has 1 aromatic heterocycles. The SMILES string of the molecule is CCOC(=O)c1sc(C(C)NC(=NC)NCc2ccc(COC(C)C)cc2)nc1C.I. The zero-order valence-corrected chi connectivity index (χ0v) is 22.2. The maximum absolute atomic E-state index is 12.0. The van der Waals surface area contributed by atoms with Crippen LogP contribution in [0.3, 0.4) is 0 Å². The van der Waals surface area contributed by atoms with E-state index < -0.39 is 0 Å². The van der Waals surface area contributed by atoms with Crippen molar-refractivity contribution in [3.63, 3.8) is 0 Å². The van der Waals surface area contributed by atoms with Gasteiger partial charge in [0.2, 0.25) is 0 Å². The van der Waals surface area contributed by atoms with Gasteiger partial charge in [0.25, 0.3) is 0 Å². The van der Waals surface area contributed by atoms with E-state index in [0.717, 1.165) is 16.1 Å². The summed E-state index contributed by atoms with van der Waals surface area (Å²) in [4.78, 5) is 21.4. The van der Waals surface area contributed by atoms with E-state index in [4.69, 9.17) is 9.47 Å². The van der Waals surface area contributed by atoms with Crippen LogP contribution in [-0.4, -0.2) is 36.7 Å². The van der Waals surface area contributed by atoms with E-state index in [1.54, 1.807) is 14.0 Å². The smallest absolute Gasteiger partial charge is 0.350 e. The summed E-state index contributed by atoms with van der Waals surface area (Å²) in [5.41, 5.74) is 2.99. The number of aromatic nitrogens is 1. The summed E-state index contributed by atoms with van der Waals surface area (Å²) in [5.74, 6) is 0.343. The Hall–Kier alpha value is -1.72. The molecule has 2 N–H and O–H groups in total. The molecule has 0 aliphatic rings. The molecule has 7 nitrogen and oxygen atoms in total. The van der Waals surface area contributed by atoms with Crippen molar-refractivity contribution in [2.24, 2.45) is 4.99 Å². The lowest BCUT2D eigenvalue weighted by atomic mass is 10.1. The number of hydrogen-bond acceptors (Lipinski definition) is 6. The summed E-state index contributed by atoms with van der Waals surface area (Å²) in [6.07, 6.45) is 0.220. The Balaban J connectivity index is 0.00000480. The van der Waals surface area contributed by atoms with Gasteiger partial charge in [-0.25, -0.2) is 9.78 Å². The average molecular weight is 561 g/mol. The zero-order chi connectivity index (χ0) is 22.1. The Bertz CT molecular complexity index is 853. The van der Waals surface area contributed by atoms with Gasteiger partial charge < -0.3 is 20.1 Å². The van der Waals surface area contributed by atoms with Crippen LogP contribution in [0.15, 0.2) is 29.3 Å². The number of benzene rings is 1. The molecule has 1 atom stereocenters. The Morgan fingerprint density at radius 3 is 2.42 bits per heavy atom. The van der Waals surface area contributed by atoms with E-state index in [0.29, 0.717) is 36.3 Å². The predicted molar refractivity (Wildman–Crippen MR) is 136 cm³/mol. The zero-order valence-electron chi connectivity index (χ0n) is 19.0. The van der Waals surface area contributed by atoms with Gasteiger partial charge in [-0.05, 0) is 45.7 Å². The van der Waals surface area contributed by atoms with E-state index in [2.05, 4.69) is 44.9 Å². The van der Waals surface area contributed by atoms with Gasteiger partial charge in [-0.15, -0.1) is 35.3 Å². The van der Waals surface area contributed by atoms with Crippen LogP contribution in [0.2, 0.25) is 0 Å². The third-order valence-electron chi connectivity index (χ3n) is 4.29. The number of ether oxygens (including phenoxy) is 2.